The van der Waals surface area contributed by atoms with Gasteiger partial charge < -0.3 is 9.67 Å². The number of rotatable bonds is 4. The quantitative estimate of drug-likeness (QED) is 0.890. The van der Waals surface area contributed by atoms with Gasteiger partial charge in [0.1, 0.15) is 0 Å². The van der Waals surface area contributed by atoms with Gasteiger partial charge in [-0.25, -0.2) is 0 Å². The van der Waals surface area contributed by atoms with Crippen LogP contribution in [0.1, 0.15) is 68.4 Å². The number of hydrogen-bond donors (Lipinski definition) is 1. The number of carboxylic acid groups (broad SMARTS) is 1. The summed E-state index contributed by atoms with van der Waals surface area (Å²) in [7, 11) is 0. The highest BCUT2D eigenvalue weighted by Crippen LogP contribution is 2.40. The van der Waals surface area contributed by atoms with Crippen LogP contribution in [0.5, 0.6) is 0 Å². The lowest BCUT2D eigenvalue weighted by Gasteiger charge is -2.20. The Hall–Kier alpha value is -1.25. The van der Waals surface area contributed by atoms with Gasteiger partial charge in [0.15, 0.2) is 0 Å². The molecular formula is C16H25NO2. The molecule has 1 saturated carbocycles. The van der Waals surface area contributed by atoms with E-state index < -0.39 is 5.97 Å². The van der Waals surface area contributed by atoms with E-state index in [4.69, 9.17) is 0 Å². The average molecular weight is 263 g/mol. The maximum absolute atomic E-state index is 11.7. The lowest BCUT2D eigenvalue weighted by molar-refractivity contribution is -0.140. The van der Waals surface area contributed by atoms with Crippen molar-refractivity contribution >= 4 is 5.97 Å². The standard InChI is InChI=1S/C16H25NO2/c1-10(2)17-11(3)9-14(12(17)4)15(16(18)19)13-7-5-6-8-13/h9-10,13,15H,5-8H2,1-4H3,(H,18,19). The Bertz CT molecular complexity index is 467. The number of carbonyl (C=O) groups is 1. The molecule has 3 heteroatoms. The summed E-state index contributed by atoms with van der Waals surface area (Å²) in [6.07, 6.45) is 4.47. The van der Waals surface area contributed by atoms with Crippen LogP contribution in [-0.4, -0.2) is 15.6 Å². The summed E-state index contributed by atoms with van der Waals surface area (Å²) in [5, 5.41) is 9.64. The van der Waals surface area contributed by atoms with Crippen molar-refractivity contribution in [3.05, 3.63) is 23.0 Å². The third-order valence-corrected chi connectivity index (χ3v) is 4.51. The Balaban J connectivity index is 2.42. The highest BCUT2D eigenvalue weighted by atomic mass is 16.4. The van der Waals surface area contributed by atoms with Crippen molar-refractivity contribution < 1.29 is 9.90 Å². The Kier molecular flexibility index (Phi) is 4.02. The van der Waals surface area contributed by atoms with Crippen LogP contribution in [-0.2, 0) is 4.79 Å². The van der Waals surface area contributed by atoms with Crippen LogP contribution in [0.3, 0.4) is 0 Å². The average Bonchev–Trinajstić information content (AvgIpc) is 2.88. The van der Waals surface area contributed by atoms with Gasteiger partial charge in [-0.3, -0.25) is 4.79 Å². The molecule has 19 heavy (non-hydrogen) atoms. The zero-order valence-corrected chi connectivity index (χ0v) is 12.4. The Morgan fingerprint density at radius 1 is 1.32 bits per heavy atom. The van der Waals surface area contributed by atoms with Crippen molar-refractivity contribution in [2.75, 3.05) is 0 Å². The van der Waals surface area contributed by atoms with E-state index >= 15 is 0 Å². The molecule has 0 spiro atoms. The molecule has 1 aliphatic rings. The summed E-state index contributed by atoms with van der Waals surface area (Å²) in [6.45, 7) is 8.43. The fourth-order valence-corrected chi connectivity index (χ4v) is 3.79. The van der Waals surface area contributed by atoms with Gasteiger partial charge in [-0.15, -0.1) is 0 Å². The van der Waals surface area contributed by atoms with Gasteiger partial charge in [0.2, 0.25) is 0 Å². The second-order valence-corrected chi connectivity index (χ2v) is 6.15. The van der Waals surface area contributed by atoms with Crippen LogP contribution in [0.4, 0.5) is 0 Å². The zero-order valence-electron chi connectivity index (χ0n) is 12.4. The number of aliphatic carboxylic acids is 1. The van der Waals surface area contributed by atoms with Gasteiger partial charge in [-0.2, -0.15) is 0 Å². The molecule has 1 aromatic rings. The van der Waals surface area contributed by atoms with E-state index in [1.54, 1.807) is 0 Å². The molecule has 0 saturated heterocycles. The largest absolute Gasteiger partial charge is 0.481 e. The van der Waals surface area contributed by atoms with Crippen molar-refractivity contribution in [2.24, 2.45) is 5.92 Å². The third-order valence-electron chi connectivity index (χ3n) is 4.51. The Morgan fingerprint density at radius 3 is 2.32 bits per heavy atom. The lowest BCUT2D eigenvalue weighted by atomic mass is 9.85. The van der Waals surface area contributed by atoms with Crippen molar-refractivity contribution in [1.29, 1.82) is 0 Å². The molecular weight excluding hydrogens is 238 g/mol. The van der Waals surface area contributed by atoms with Gasteiger partial charge in [-0.05, 0) is 58.1 Å². The predicted molar refractivity (Wildman–Crippen MR) is 76.6 cm³/mol. The van der Waals surface area contributed by atoms with Crippen LogP contribution in [0.2, 0.25) is 0 Å². The highest BCUT2D eigenvalue weighted by molar-refractivity contribution is 5.77. The van der Waals surface area contributed by atoms with Gasteiger partial charge in [0.05, 0.1) is 5.92 Å². The van der Waals surface area contributed by atoms with E-state index in [1.807, 2.05) is 0 Å². The summed E-state index contributed by atoms with van der Waals surface area (Å²) >= 11 is 0. The van der Waals surface area contributed by atoms with E-state index in [9.17, 15) is 9.90 Å². The van der Waals surface area contributed by atoms with Gasteiger partial charge in [0.25, 0.3) is 0 Å². The molecule has 1 aliphatic carbocycles. The Labute approximate surface area is 115 Å². The van der Waals surface area contributed by atoms with E-state index in [-0.39, 0.29) is 5.92 Å². The van der Waals surface area contributed by atoms with E-state index in [0.29, 0.717) is 12.0 Å². The fourth-order valence-electron chi connectivity index (χ4n) is 3.79. The number of carboxylic acids is 1. The first-order valence-corrected chi connectivity index (χ1v) is 7.34. The minimum atomic E-state index is -0.657. The minimum absolute atomic E-state index is 0.318. The zero-order chi connectivity index (χ0) is 14.2. The van der Waals surface area contributed by atoms with Crippen LogP contribution in [0.25, 0.3) is 0 Å². The first-order chi connectivity index (χ1) is 8.93. The van der Waals surface area contributed by atoms with Crippen molar-refractivity contribution in [1.82, 2.24) is 4.57 Å². The predicted octanol–water partition coefficient (Wildman–Crippen LogP) is 4.04. The normalized spacial score (nSPS) is 18.2. The minimum Gasteiger partial charge on any atom is -0.481 e. The molecule has 0 bridgehead atoms. The molecule has 0 radical (unpaired) electrons. The molecule has 1 heterocycles. The third kappa shape index (κ3) is 2.56. The van der Waals surface area contributed by atoms with Crippen molar-refractivity contribution in [3.8, 4) is 0 Å². The van der Waals surface area contributed by atoms with Crippen LogP contribution in [0, 0.1) is 19.8 Å². The maximum Gasteiger partial charge on any atom is 0.311 e. The molecule has 106 valence electrons. The molecule has 2 rings (SSSR count). The molecule has 0 aliphatic heterocycles. The number of nitrogens with zero attached hydrogens (tertiary/aromatic N) is 1. The topological polar surface area (TPSA) is 42.2 Å². The fraction of sp³-hybridized carbons (Fsp3) is 0.688. The van der Waals surface area contributed by atoms with Crippen LogP contribution in [0.15, 0.2) is 6.07 Å². The first kappa shape index (κ1) is 14.2. The summed E-state index contributed by atoms with van der Waals surface area (Å²) < 4.78 is 2.25. The van der Waals surface area contributed by atoms with Gasteiger partial charge in [-0.1, -0.05) is 12.8 Å². The van der Waals surface area contributed by atoms with E-state index in [1.165, 1.54) is 18.5 Å². The number of aromatic nitrogens is 1. The maximum atomic E-state index is 11.7. The SMILES string of the molecule is Cc1cc(C(C(=O)O)C2CCCC2)c(C)n1C(C)C. The Morgan fingerprint density at radius 2 is 1.89 bits per heavy atom. The van der Waals surface area contributed by atoms with Crippen molar-refractivity contribution in [2.45, 2.75) is 65.3 Å². The van der Waals surface area contributed by atoms with Crippen LogP contribution >= 0.6 is 0 Å². The van der Waals surface area contributed by atoms with Crippen LogP contribution < -0.4 is 0 Å². The summed E-state index contributed by atoms with van der Waals surface area (Å²) in [5.41, 5.74) is 3.34. The lowest BCUT2D eigenvalue weighted by Crippen LogP contribution is -2.20. The smallest absolute Gasteiger partial charge is 0.311 e. The summed E-state index contributed by atoms with van der Waals surface area (Å²) in [4.78, 5) is 11.7. The summed E-state index contributed by atoms with van der Waals surface area (Å²) in [5.74, 6) is -0.657. The van der Waals surface area contributed by atoms with Gasteiger partial charge in [0, 0.05) is 17.4 Å². The molecule has 1 atom stereocenters. The summed E-state index contributed by atoms with van der Waals surface area (Å²) in [6, 6.07) is 2.47. The molecule has 0 aromatic carbocycles. The molecule has 1 unspecified atom stereocenters. The second-order valence-electron chi connectivity index (χ2n) is 6.15. The highest BCUT2D eigenvalue weighted by Gasteiger charge is 2.34. The second kappa shape index (κ2) is 5.40. The molecule has 1 aromatic heterocycles. The monoisotopic (exact) mass is 263 g/mol. The first-order valence-electron chi connectivity index (χ1n) is 7.34. The molecule has 0 amide bonds. The molecule has 1 fully saturated rings. The van der Waals surface area contributed by atoms with Gasteiger partial charge >= 0.3 is 5.97 Å². The molecule has 3 nitrogen and oxygen atoms in total. The van der Waals surface area contributed by atoms with E-state index in [0.717, 1.165) is 24.1 Å². The van der Waals surface area contributed by atoms with E-state index in [2.05, 4.69) is 38.3 Å². The van der Waals surface area contributed by atoms with Crippen molar-refractivity contribution in [3.63, 3.8) is 0 Å². The number of hydrogen-bond acceptors (Lipinski definition) is 1. The molecule has 1 N–H and O–H groups in total. The number of aryl methyl sites for hydroxylation is 1.